The van der Waals surface area contributed by atoms with Crippen LogP contribution in [-0.4, -0.2) is 27.9 Å². The fraction of sp³-hybridized carbons (Fsp3) is 0.429. The first-order chi connectivity index (χ1) is 9.33. The summed E-state index contributed by atoms with van der Waals surface area (Å²) in [7, 11) is 0. The first-order valence-electron chi connectivity index (χ1n) is 6.62. The Morgan fingerprint density at radius 2 is 2.05 bits per heavy atom. The molecule has 0 aliphatic carbocycles. The van der Waals surface area contributed by atoms with E-state index in [1.807, 2.05) is 23.7 Å². The average molecular weight is 260 g/mol. The van der Waals surface area contributed by atoms with Gasteiger partial charge in [-0.2, -0.15) is 5.10 Å². The molecule has 5 nitrogen and oxygen atoms in total. The number of aromatic nitrogens is 3. The van der Waals surface area contributed by atoms with Crippen LogP contribution in [0.4, 0.5) is 0 Å². The van der Waals surface area contributed by atoms with Crippen LogP contribution in [0.3, 0.4) is 0 Å². The van der Waals surface area contributed by atoms with Crippen molar-refractivity contribution in [2.75, 3.05) is 13.2 Å². The summed E-state index contributed by atoms with van der Waals surface area (Å²) in [6.07, 6.45) is 3.29. The molecule has 0 aliphatic heterocycles. The lowest BCUT2D eigenvalue weighted by molar-refractivity contribution is 0.340. The molecule has 5 heteroatoms. The van der Waals surface area contributed by atoms with Crippen LogP contribution >= 0.6 is 0 Å². The molecular formula is C14H20N4O. The van der Waals surface area contributed by atoms with Crippen LogP contribution in [-0.2, 0) is 6.54 Å². The normalized spacial score (nSPS) is 12.3. The van der Waals surface area contributed by atoms with Gasteiger partial charge in [0.2, 0.25) is 0 Å². The highest BCUT2D eigenvalue weighted by atomic mass is 16.5. The zero-order chi connectivity index (χ0) is 13.5. The molecule has 0 radical (unpaired) electrons. The highest BCUT2D eigenvalue weighted by molar-refractivity contribution is 5.29. The van der Waals surface area contributed by atoms with Gasteiger partial charge in [0.25, 0.3) is 0 Å². The van der Waals surface area contributed by atoms with E-state index in [1.54, 1.807) is 12.7 Å². The number of rotatable bonds is 7. The number of hydrogen-bond donors (Lipinski definition) is 1. The Balaban J connectivity index is 2.09. The van der Waals surface area contributed by atoms with Gasteiger partial charge in [-0.15, -0.1) is 0 Å². The van der Waals surface area contributed by atoms with E-state index in [1.165, 1.54) is 5.56 Å². The Bertz CT molecular complexity index is 467. The van der Waals surface area contributed by atoms with Crippen molar-refractivity contribution in [1.29, 1.82) is 0 Å². The Kier molecular flexibility index (Phi) is 4.92. The molecule has 0 spiro atoms. The molecule has 1 aromatic heterocycles. The minimum absolute atomic E-state index is 0.224. The van der Waals surface area contributed by atoms with Gasteiger partial charge in [-0.25, -0.2) is 4.98 Å². The lowest BCUT2D eigenvalue weighted by Crippen LogP contribution is -2.25. The van der Waals surface area contributed by atoms with Crippen LogP contribution in [0.1, 0.15) is 25.5 Å². The van der Waals surface area contributed by atoms with Gasteiger partial charge in [-0.1, -0.05) is 19.1 Å². The molecule has 1 atom stereocenters. The first-order valence-corrected chi connectivity index (χ1v) is 6.62. The standard InChI is InChI=1S/C14H20N4O/c1-3-16-14(9-18-11-15-10-17-18)12-5-7-13(8-6-12)19-4-2/h5-8,10-11,14,16H,3-4,9H2,1-2H3. The monoisotopic (exact) mass is 260 g/mol. The molecule has 102 valence electrons. The molecule has 2 aromatic rings. The van der Waals surface area contributed by atoms with E-state index in [-0.39, 0.29) is 6.04 Å². The van der Waals surface area contributed by atoms with Crippen LogP contribution in [0.25, 0.3) is 0 Å². The maximum atomic E-state index is 5.46. The molecule has 0 saturated carbocycles. The summed E-state index contributed by atoms with van der Waals surface area (Å²) in [5.74, 6) is 0.905. The molecule has 1 N–H and O–H groups in total. The van der Waals surface area contributed by atoms with E-state index >= 15 is 0 Å². The van der Waals surface area contributed by atoms with Crippen LogP contribution in [0.5, 0.6) is 5.75 Å². The van der Waals surface area contributed by atoms with Crippen molar-refractivity contribution in [2.45, 2.75) is 26.4 Å². The zero-order valence-electron chi connectivity index (χ0n) is 11.4. The van der Waals surface area contributed by atoms with Gasteiger partial charge in [-0.05, 0) is 31.2 Å². The van der Waals surface area contributed by atoms with Gasteiger partial charge < -0.3 is 10.1 Å². The van der Waals surface area contributed by atoms with E-state index in [0.717, 1.165) is 18.8 Å². The molecular weight excluding hydrogens is 240 g/mol. The van der Waals surface area contributed by atoms with E-state index in [0.29, 0.717) is 6.61 Å². The number of likely N-dealkylation sites (N-methyl/N-ethyl adjacent to an activating group) is 1. The Labute approximate surface area is 113 Å². The van der Waals surface area contributed by atoms with Crippen molar-refractivity contribution >= 4 is 0 Å². The molecule has 1 heterocycles. The predicted molar refractivity (Wildman–Crippen MR) is 74.1 cm³/mol. The topological polar surface area (TPSA) is 52.0 Å². The Morgan fingerprint density at radius 1 is 1.26 bits per heavy atom. The van der Waals surface area contributed by atoms with Crippen LogP contribution in [0, 0.1) is 0 Å². The molecule has 19 heavy (non-hydrogen) atoms. The van der Waals surface area contributed by atoms with Crippen LogP contribution in [0.15, 0.2) is 36.9 Å². The molecule has 0 fully saturated rings. The van der Waals surface area contributed by atoms with Gasteiger partial charge in [0.1, 0.15) is 18.4 Å². The zero-order valence-corrected chi connectivity index (χ0v) is 11.4. The Morgan fingerprint density at radius 3 is 2.63 bits per heavy atom. The van der Waals surface area contributed by atoms with Gasteiger partial charge in [-0.3, -0.25) is 4.68 Å². The average Bonchev–Trinajstić information content (AvgIpc) is 2.93. The fourth-order valence-electron chi connectivity index (χ4n) is 2.01. The number of benzene rings is 1. The van der Waals surface area contributed by atoms with Crippen molar-refractivity contribution in [3.8, 4) is 5.75 Å². The van der Waals surface area contributed by atoms with Crippen molar-refractivity contribution in [1.82, 2.24) is 20.1 Å². The van der Waals surface area contributed by atoms with E-state index in [9.17, 15) is 0 Å². The summed E-state index contributed by atoms with van der Waals surface area (Å²) < 4.78 is 7.30. The van der Waals surface area contributed by atoms with Gasteiger partial charge in [0.15, 0.2) is 0 Å². The smallest absolute Gasteiger partial charge is 0.137 e. The third-order valence-electron chi connectivity index (χ3n) is 2.88. The van der Waals surface area contributed by atoms with E-state index in [4.69, 9.17) is 4.74 Å². The summed E-state index contributed by atoms with van der Waals surface area (Å²) in [4.78, 5) is 3.97. The quantitative estimate of drug-likeness (QED) is 0.827. The largest absolute Gasteiger partial charge is 0.494 e. The van der Waals surface area contributed by atoms with Crippen molar-refractivity contribution < 1.29 is 4.74 Å². The van der Waals surface area contributed by atoms with E-state index in [2.05, 4.69) is 34.5 Å². The van der Waals surface area contributed by atoms with Crippen LogP contribution in [0.2, 0.25) is 0 Å². The summed E-state index contributed by atoms with van der Waals surface area (Å²) in [6, 6.07) is 8.42. The highest BCUT2D eigenvalue weighted by Gasteiger charge is 2.11. The summed E-state index contributed by atoms with van der Waals surface area (Å²) in [5.41, 5.74) is 1.22. The van der Waals surface area contributed by atoms with Gasteiger partial charge >= 0.3 is 0 Å². The molecule has 0 amide bonds. The SMILES string of the molecule is CCNC(Cn1cncn1)c1ccc(OCC)cc1. The molecule has 0 aliphatic rings. The molecule has 0 saturated heterocycles. The minimum Gasteiger partial charge on any atom is -0.494 e. The van der Waals surface area contributed by atoms with E-state index < -0.39 is 0 Å². The molecule has 0 bridgehead atoms. The number of ether oxygens (including phenoxy) is 1. The molecule has 1 unspecified atom stereocenters. The second-order valence-corrected chi connectivity index (χ2v) is 4.23. The highest BCUT2D eigenvalue weighted by Crippen LogP contribution is 2.19. The maximum Gasteiger partial charge on any atom is 0.137 e. The Hall–Kier alpha value is -1.88. The van der Waals surface area contributed by atoms with Gasteiger partial charge in [0, 0.05) is 0 Å². The number of nitrogens with one attached hydrogen (secondary N) is 1. The second kappa shape index (κ2) is 6.89. The van der Waals surface area contributed by atoms with Crippen LogP contribution < -0.4 is 10.1 Å². The number of hydrogen-bond acceptors (Lipinski definition) is 4. The summed E-state index contributed by atoms with van der Waals surface area (Å²) >= 11 is 0. The second-order valence-electron chi connectivity index (χ2n) is 4.23. The first kappa shape index (κ1) is 13.5. The lowest BCUT2D eigenvalue weighted by Gasteiger charge is -2.18. The fourth-order valence-corrected chi connectivity index (χ4v) is 2.01. The third kappa shape index (κ3) is 3.79. The van der Waals surface area contributed by atoms with Crippen molar-refractivity contribution in [3.05, 3.63) is 42.5 Å². The summed E-state index contributed by atoms with van der Waals surface area (Å²) in [5, 5.41) is 7.61. The maximum absolute atomic E-state index is 5.46. The van der Waals surface area contributed by atoms with Crippen molar-refractivity contribution in [2.24, 2.45) is 0 Å². The van der Waals surface area contributed by atoms with Gasteiger partial charge in [0.05, 0.1) is 19.2 Å². The summed E-state index contributed by atoms with van der Waals surface area (Å²) in [6.45, 7) is 6.45. The third-order valence-corrected chi connectivity index (χ3v) is 2.88. The predicted octanol–water partition coefficient (Wildman–Crippen LogP) is 2.03. The molecule has 1 aromatic carbocycles. The minimum atomic E-state index is 0.224. The van der Waals surface area contributed by atoms with Crippen molar-refractivity contribution in [3.63, 3.8) is 0 Å². The number of nitrogens with zero attached hydrogens (tertiary/aromatic N) is 3. The lowest BCUT2D eigenvalue weighted by atomic mass is 10.1. The molecule has 2 rings (SSSR count).